The molecule has 2 amide bonds. The lowest BCUT2D eigenvalue weighted by Gasteiger charge is -2.28. The number of nitrogens with zero attached hydrogens (tertiary/aromatic N) is 5. The van der Waals surface area contributed by atoms with Crippen LogP contribution in [0.4, 0.5) is 4.79 Å². The second kappa shape index (κ2) is 7.88. The third-order valence-electron chi connectivity index (χ3n) is 3.42. The van der Waals surface area contributed by atoms with E-state index in [9.17, 15) is 4.79 Å². The van der Waals surface area contributed by atoms with E-state index in [0.717, 1.165) is 11.3 Å². The van der Waals surface area contributed by atoms with Crippen molar-refractivity contribution in [1.29, 1.82) is 0 Å². The molecule has 7 nitrogen and oxygen atoms in total. The van der Waals surface area contributed by atoms with E-state index in [2.05, 4.69) is 34.0 Å². The largest absolute Gasteiger partial charge is 0.335 e. The van der Waals surface area contributed by atoms with Crippen LogP contribution in [0.2, 0.25) is 0 Å². The lowest BCUT2D eigenvalue weighted by atomic mass is 10.1. The zero-order valence-corrected chi connectivity index (χ0v) is 13.1. The summed E-state index contributed by atoms with van der Waals surface area (Å²) in [5, 5.41) is 13.9. The highest BCUT2D eigenvalue weighted by molar-refractivity contribution is 5.75. The summed E-state index contributed by atoms with van der Waals surface area (Å²) in [6.45, 7) is 10.2. The summed E-state index contributed by atoms with van der Waals surface area (Å²) in [4.78, 5) is 14.0. The van der Waals surface area contributed by atoms with Crippen LogP contribution in [-0.4, -0.2) is 44.2 Å². The van der Waals surface area contributed by atoms with E-state index in [-0.39, 0.29) is 12.1 Å². The molecule has 0 aliphatic heterocycles. The van der Waals surface area contributed by atoms with Crippen molar-refractivity contribution in [3.63, 3.8) is 0 Å². The van der Waals surface area contributed by atoms with Crippen molar-refractivity contribution in [3.8, 4) is 5.69 Å². The molecule has 2 rings (SSSR count). The van der Waals surface area contributed by atoms with E-state index in [0.29, 0.717) is 13.1 Å². The Bertz CT molecular complexity index is 667. The maximum absolute atomic E-state index is 12.3. The van der Waals surface area contributed by atoms with Gasteiger partial charge < -0.3 is 10.2 Å². The molecule has 0 saturated heterocycles. The SMILES string of the molecule is C=CCNC(=O)N(CC=C)C(C)c1cccc(-n2cnnn2)c1. The van der Waals surface area contributed by atoms with Gasteiger partial charge in [0.2, 0.25) is 0 Å². The Labute approximate surface area is 135 Å². The van der Waals surface area contributed by atoms with Gasteiger partial charge in [0.25, 0.3) is 0 Å². The Balaban J connectivity index is 2.23. The minimum absolute atomic E-state index is 0.130. The second-order valence-corrected chi connectivity index (χ2v) is 4.94. The molecule has 1 unspecified atom stereocenters. The minimum atomic E-state index is -0.162. The summed E-state index contributed by atoms with van der Waals surface area (Å²) >= 11 is 0. The summed E-state index contributed by atoms with van der Waals surface area (Å²) in [7, 11) is 0. The predicted octanol–water partition coefficient (Wildman–Crippen LogP) is 2.11. The molecule has 1 aromatic carbocycles. The molecule has 120 valence electrons. The first-order valence-electron chi connectivity index (χ1n) is 7.27. The maximum atomic E-state index is 12.3. The van der Waals surface area contributed by atoms with Gasteiger partial charge in [0, 0.05) is 13.1 Å². The van der Waals surface area contributed by atoms with Crippen molar-refractivity contribution in [2.24, 2.45) is 0 Å². The first-order valence-corrected chi connectivity index (χ1v) is 7.27. The molecule has 1 aromatic heterocycles. The van der Waals surface area contributed by atoms with Crippen molar-refractivity contribution < 1.29 is 4.79 Å². The second-order valence-electron chi connectivity index (χ2n) is 4.94. The molecule has 0 radical (unpaired) electrons. The van der Waals surface area contributed by atoms with Gasteiger partial charge in [0.05, 0.1) is 11.7 Å². The Morgan fingerprint density at radius 3 is 2.91 bits per heavy atom. The van der Waals surface area contributed by atoms with Gasteiger partial charge in [-0.3, -0.25) is 0 Å². The van der Waals surface area contributed by atoms with Crippen LogP contribution < -0.4 is 5.32 Å². The molecule has 1 heterocycles. The highest BCUT2D eigenvalue weighted by atomic mass is 16.2. The van der Waals surface area contributed by atoms with Crippen molar-refractivity contribution in [2.75, 3.05) is 13.1 Å². The van der Waals surface area contributed by atoms with Gasteiger partial charge in [-0.15, -0.1) is 18.3 Å². The number of rotatable bonds is 7. The maximum Gasteiger partial charge on any atom is 0.318 e. The number of amides is 2. The third kappa shape index (κ3) is 4.03. The molecule has 0 spiro atoms. The topological polar surface area (TPSA) is 75.9 Å². The molecular formula is C16H20N6O. The van der Waals surface area contributed by atoms with Crippen LogP contribution in [0.3, 0.4) is 0 Å². The molecule has 1 N–H and O–H groups in total. The van der Waals surface area contributed by atoms with E-state index in [4.69, 9.17) is 0 Å². The number of benzene rings is 1. The number of hydrogen-bond acceptors (Lipinski definition) is 4. The molecule has 1 atom stereocenters. The molecule has 0 aliphatic carbocycles. The number of aromatic nitrogens is 4. The average molecular weight is 312 g/mol. The van der Waals surface area contributed by atoms with E-state index in [1.165, 1.54) is 6.33 Å². The van der Waals surface area contributed by atoms with Gasteiger partial charge in [-0.2, -0.15) is 0 Å². The van der Waals surface area contributed by atoms with Crippen molar-refractivity contribution in [2.45, 2.75) is 13.0 Å². The number of tetrazole rings is 1. The zero-order valence-electron chi connectivity index (χ0n) is 13.1. The molecule has 2 aromatic rings. The molecule has 0 saturated carbocycles. The molecular weight excluding hydrogens is 292 g/mol. The van der Waals surface area contributed by atoms with E-state index in [1.807, 2.05) is 31.2 Å². The van der Waals surface area contributed by atoms with Gasteiger partial charge in [0.15, 0.2) is 0 Å². The first kappa shape index (κ1) is 16.4. The smallest absolute Gasteiger partial charge is 0.318 e. The average Bonchev–Trinajstić information content (AvgIpc) is 3.11. The fraction of sp³-hybridized carbons (Fsp3) is 0.250. The minimum Gasteiger partial charge on any atom is -0.335 e. The van der Waals surface area contributed by atoms with E-state index >= 15 is 0 Å². The van der Waals surface area contributed by atoms with Gasteiger partial charge in [-0.1, -0.05) is 24.3 Å². The summed E-state index contributed by atoms with van der Waals surface area (Å²) in [5.74, 6) is 0. The standard InChI is InChI=1S/C16H20N6O/c1-4-9-17-16(23)21(10-5-2)13(3)14-7-6-8-15(11-14)22-12-18-19-20-22/h4-8,11-13H,1-2,9-10H2,3H3,(H,17,23). The van der Waals surface area contributed by atoms with Gasteiger partial charge in [-0.05, 0) is 35.0 Å². The lowest BCUT2D eigenvalue weighted by molar-refractivity contribution is 0.188. The van der Waals surface area contributed by atoms with Crippen molar-refractivity contribution >= 4 is 6.03 Å². The summed E-state index contributed by atoms with van der Waals surface area (Å²) < 4.78 is 1.58. The van der Waals surface area contributed by atoms with Crippen LogP contribution >= 0.6 is 0 Å². The normalized spacial score (nSPS) is 11.5. The summed E-state index contributed by atoms with van der Waals surface area (Å²) in [5.41, 5.74) is 1.82. The molecule has 23 heavy (non-hydrogen) atoms. The van der Waals surface area contributed by atoms with Crippen LogP contribution in [0.1, 0.15) is 18.5 Å². The van der Waals surface area contributed by atoms with Gasteiger partial charge in [-0.25, -0.2) is 9.48 Å². The quantitative estimate of drug-likeness (QED) is 0.794. The van der Waals surface area contributed by atoms with Gasteiger partial charge in [0.1, 0.15) is 6.33 Å². The Morgan fingerprint density at radius 2 is 2.26 bits per heavy atom. The number of nitrogens with one attached hydrogen (secondary N) is 1. The van der Waals surface area contributed by atoms with E-state index < -0.39 is 0 Å². The van der Waals surface area contributed by atoms with E-state index in [1.54, 1.807) is 21.7 Å². The summed E-state index contributed by atoms with van der Waals surface area (Å²) in [6, 6.07) is 7.45. The Kier molecular flexibility index (Phi) is 5.62. The van der Waals surface area contributed by atoms with Crippen LogP contribution in [0.15, 0.2) is 55.9 Å². The molecule has 7 heteroatoms. The fourth-order valence-corrected chi connectivity index (χ4v) is 2.20. The lowest BCUT2D eigenvalue weighted by Crippen LogP contribution is -2.41. The number of urea groups is 1. The predicted molar refractivity (Wildman–Crippen MR) is 88.1 cm³/mol. The summed E-state index contributed by atoms with van der Waals surface area (Å²) in [6.07, 6.45) is 4.88. The van der Waals surface area contributed by atoms with Crippen LogP contribution in [-0.2, 0) is 0 Å². The number of hydrogen-bond donors (Lipinski definition) is 1. The Morgan fingerprint density at radius 1 is 1.43 bits per heavy atom. The van der Waals surface area contributed by atoms with Crippen LogP contribution in [0.5, 0.6) is 0 Å². The third-order valence-corrected chi connectivity index (χ3v) is 3.42. The monoisotopic (exact) mass is 312 g/mol. The number of carbonyl (C=O) groups excluding carboxylic acids is 1. The Hall–Kier alpha value is -2.96. The fourth-order valence-electron chi connectivity index (χ4n) is 2.20. The van der Waals surface area contributed by atoms with Crippen LogP contribution in [0.25, 0.3) is 5.69 Å². The first-order chi connectivity index (χ1) is 11.2. The molecule has 0 fully saturated rings. The highest BCUT2D eigenvalue weighted by Gasteiger charge is 2.20. The van der Waals surface area contributed by atoms with Crippen molar-refractivity contribution in [1.82, 2.24) is 30.4 Å². The highest BCUT2D eigenvalue weighted by Crippen LogP contribution is 2.22. The molecule has 0 aliphatic rings. The van der Waals surface area contributed by atoms with Crippen molar-refractivity contribution in [3.05, 3.63) is 61.5 Å². The zero-order chi connectivity index (χ0) is 16.7. The van der Waals surface area contributed by atoms with Crippen LogP contribution in [0, 0.1) is 0 Å². The molecule has 0 bridgehead atoms. The number of carbonyl (C=O) groups is 1. The van der Waals surface area contributed by atoms with Gasteiger partial charge >= 0.3 is 6.03 Å².